The van der Waals surface area contributed by atoms with Crippen molar-refractivity contribution in [2.45, 2.75) is 80.4 Å². The van der Waals surface area contributed by atoms with Crippen molar-refractivity contribution < 1.29 is 24.6 Å². The van der Waals surface area contributed by atoms with E-state index in [-0.39, 0.29) is 39.9 Å². The van der Waals surface area contributed by atoms with Crippen molar-refractivity contribution in [3.05, 3.63) is 48.2 Å². The van der Waals surface area contributed by atoms with Gasteiger partial charge in [0.2, 0.25) is 0 Å². The summed E-state index contributed by atoms with van der Waals surface area (Å²) < 4.78 is 0. The molecule has 0 spiro atoms. The molecule has 143 valence electrons. The van der Waals surface area contributed by atoms with Crippen molar-refractivity contribution in [1.29, 1.82) is 0 Å². The molecule has 1 aromatic carbocycles. The number of likely N-dealkylation sites (N-methyl/N-ethyl adjacent to an activating group) is 1. The van der Waals surface area contributed by atoms with Crippen molar-refractivity contribution in [3.63, 3.8) is 0 Å². The molecule has 0 saturated carbocycles. The fourth-order valence-electron chi connectivity index (χ4n) is 1.99. The summed E-state index contributed by atoms with van der Waals surface area (Å²) in [5.74, 6) is 0. The van der Waals surface area contributed by atoms with Crippen LogP contribution in [0.2, 0.25) is 0 Å². The monoisotopic (exact) mass is 425 g/mol. The molecule has 0 aliphatic heterocycles. The maximum absolute atomic E-state index is 9.48. The molecule has 0 saturated heterocycles. The molecule has 0 amide bonds. The summed E-state index contributed by atoms with van der Waals surface area (Å²) in [7, 11) is 1.85. The second kappa shape index (κ2) is 11.4. The minimum atomic E-state index is -0.665. The van der Waals surface area contributed by atoms with Crippen LogP contribution >= 0.6 is 0 Å². The van der Waals surface area contributed by atoms with Crippen molar-refractivity contribution >= 4 is 0 Å². The summed E-state index contributed by atoms with van der Waals surface area (Å²) in [5.41, 5.74) is 7.85. The number of aliphatic hydroxyl groups is 1. The Morgan fingerprint density at radius 2 is 0.792 bits per heavy atom. The van der Waals surface area contributed by atoms with E-state index < -0.39 is 5.60 Å². The smallest absolute Gasteiger partial charge is 0.389 e. The molecule has 0 atom stereocenters. The molecule has 2 nitrogen and oxygen atoms in total. The third kappa shape index (κ3) is 7.34. The third-order valence-corrected chi connectivity index (χ3v) is 5.53. The predicted octanol–water partition coefficient (Wildman–Crippen LogP) is 5.19. The van der Waals surface area contributed by atoms with Crippen LogP contribution in [0.1, 0.15) is 61.1 Å². The molecule has 0 bridgehead atoms. The maximum atomic E-state index is 9.48. The topological polar surface area (TPSA) is 32.3 Å². The van der Waals surface area contributed by atoms with Gasteiger partial charge >= 0.3 is 19.5 Å². The number of hydrogen-bond donors (Lipinski definition) is 2. The van der Waals surface area contributed by atoms with Crippen LogP contribution in [-0.4, -0.2) is 23.3 Å². The van der Waals surface area contributed by atoms with Gasteiger partial charge in [0, 0.05) is 5.54 Å². The van der Waals surface area contributed by atoms with Crippen LogP contribution in [0.15, 0.2) is 0 Å². The first kappa shape index (κ1) is 31.5. The normalized spacial score (nSPS) is 10.5. The minimum absolute atomic E-state index is 0. The third-order valence-electron chi connectivity index (χ3n) is 5.53. The number of nitrogens with one attached hydrogen (secondary N) is 1. The fraction of sp³-hybridized carbons (Fsp3) is 0.619. The molecule has 0 unspecified atom stereocenters. The van der Waals surface area contributed by atoms with Gasteiger partial charge in [0.1, 0.15) is 0 Å². The molecule has 0 fully saturated rings. The summed E-state index contributed by atoms with van der Waals surface area (Å²) in [6.45, 7) is 20.8. The molecule has 2 N–H and O–H groups in total. The van der Waals surface area contributed by atoms with Crippen LogP contribution in [0, 0.1) is 56.4 Å². The minimum Gasteiger partial charge on any atom is -0.389 e. The van der Waals surface area contributed by atoms with E-state index in [1.54, 1.807) is 13.8 Å². The first-order chi connectivity index (χ1) is 9.27. The van der Waals surface area contributed by atoms with Crippen molar-refractivity contribution in [1.82, 2.24) is 5.32 Å². The van der Waals surface area contributed by atoms with Crippen LogP contribution < -0.4 is 5.32 Å². The molecule has 1 rings (SSSR count). The van der Waals surface area contributed by atoms with Gasteiger partial charge in [-0.1, -0.05) is 0 Å². The van der Waals surface area contributed by atoms with E-state index in [1.807, 2.05) is 20.9 Å². The Morgan fingerprint density at radius 1 is 0.625 bits per heavy atom. The predicted molar refractivity (Wildman–Crippen MR) is 107 cm³/mol. The van der Waals surface area contributed by atoms with E-state index >= 15 is 0 Å². The number of hydrogen-bond acceptors (Lipinski definition) is 2. The Morgan fingerprint density at radius 3 is 0.833 bits per heavy atom. The number of rotatable bonds is 2. The van der Waals surface area contributed by atoms with Gasteiger partial charge in [-0.05, 0) is 110 Å². The molecule has 0 aliphatic rings. The van der Waals surface area contributed by atoms with Gasteiger partial charge in [0.05, 0.1) is 5.60 Å². The quantitative estimate of drug-likeness (QED) is 0.506. The first-order valence-electron chi connectivity index (χ1n) is 7.72. The summed E-state index contributed by atoms with van der Waals surface area (Å²) in [4.78, 5) is 0. The molecule has 1 radical (unpaired) electrons. The molecule has 0 aliphatic carbocycles. The van der Waals surface area contributed by atoms with E-state index in [2.05, 4.69) is 46.9 Å². The van der Waals surface area contributed by atoms with Crippen molar-refractivity contribution in [2.75, 3.05) is 7.05 Å². The second-order valence-corrected chi connectivity index (χ2v) is 7.18. The summed E-state index contributed by atoms with van der Waals surface area (Å²) in [6, 6.07) is 0. The Balaban J connectivity index is -0.000000153. The number of benzene rings is 1. The fourth-order valence-corrected chi connectivity index (χ4v) is 1.99. The molecule has 0 aromatic heterocycles. The Hall–Kier alpha value is -0.237. The summed E-state index contributed by atoms with van der Waals surface area (Å²) in [6.07, 6.45) is 0. The van der Waals surface area contributed by atoms with Gasteiger partial charge in [-0.15, -0.1) is 0 Å². The Labute approximate surface area is 165 Å². The maximum Gasteiger partial charge on any atom is 3.00 e. The molecular formula is C21H41NORu+. The largest absolute Gasteiger partial charge is 3.00 e. The first-order valence-corrected chi connectivity index (χ1v) is 7.72. The van der Waals surface area contributed by atoms with Gasteiger partial charge in [-0.25, -0.2) is 0 Å². The molecule has 3 heteroatoms. The summed E-state index contributed by atoms with van der Waals surface area (Å²) >= 11 is 0. The average molecular weight is 425 g/mol. The van der Waals surface area contributed by atoms with Gasteiger partial charge in [0.25, 0.3) is 0 Å². The van der Waals surface area contributed by atoms with Gasteiger partial charge in [0.15, 0.2) is 0 Å². The second-order valence-electron chi connectivity index (χ2n) is 7.18. The van der Waals surface area contributed by atoms with Crippen molar-refractivity contribution in [2.24, 2.45) is 0 Å². The summed E-state index contributed by atoms with van der Waals surface area (Å²) in [5, 5.41) is 12.5. The molecule has 1 aromatic rings. The van der Waals surface area contributed by atoms with Crippen LogP contribution in [-0.2, 0) is 19.5 Å². The van der Waals surface area contributed by atoms with Crippen LogP contribution in [0.4, 0.5) is 0 Å². The zero-order valence-electron chi connectivity index (χ0n) is 18.3. The van der Waals surface area contributed by atoms with E-state index in [0.29, 0.717) is 0 Å². The van der Waals surface area contributed by atoms with Crippen LogP contribution in [0.3, 0.4) is 0 Å². The van der Waals surface area contributed by atoms with Crippen LogP contribution in [0.5, 0.6) is 0 Å². The molecular weight excluding hydrogens is 383 g/mol. The SMILES string of the molecule is CNC(C)(C)C(C)(C)O.Cc1c(C)c(C)c(C)c(C)c1C.[CH3-].[CH3-].[Ru+3]. The van der Waals surface area contributed by atoms with E-state index in [1.165, 1.54) is 33.4 Å². The zero-order valence-corrected chi connectivity index (χ0v) is 20.0. The van der Waals surface area contributed by atoms with Gasteiger partial charge in [-0.3, -0.25) is 0 Å². The Kier molecular flexibility index (Phi) is 15.0. The van der Waals surface area contributed by atoms with Crippen molar-refractivity contribution in [3.8, 4) is 0 Å². The standard InChI is InChI=1S/C12H18.C7H17NO.2CH3.Ru/c1-7-8(2)10(4)12(6)11(5)9(7)3;1-6(2,8-5)7(3,4)9;;;/h1-6H3;8-9H,1-5H3;2*1H3;/q;;2*-1;+3. The molecule has 24 heavy (non-hydrogen) atoms. The van der Waals surface area contributed by atoms with Crippen LogP contribution in [0.25, 0.3) is 0 Å². The van der Waals surface area contributed by atoms with E-state index in [9.17, 15) is 5.11 Å². The Bertz CT molecular complexity index is 395. The zero-order chi connectivity index (χ0) is 17.2. The average Bonchev–Trinajstić information content (AvgIpc) is 2.40. The van der Waals surface area contributed by atoms with Gasteiger partial charge < -0.3 is 25.3 Å². The van der Waals surface area contributed by atoms with E-state index in [4.69, 9.17) is 0 Å². The van der Waals surface area contributed by atoms with Gasteiger partial charge in [-0.2, -0.15) is 0 Å². The van der Waals surface area contributed by atoms with E-state index in [0.717, 1.165) is 0 Å². The molecule has 0 heterocycles.